The normalized spacial score (nSPS) is 11.8. The van der Waals surface area contributed by atoms with Gasteiger partial charge >= 0.3 is 0 Å². The van der Waals surface area contributed by atoms with E-state index in [9.17, 15) is 0 Å². The number of nitrogens with zero attached hydrogens (tertiary/aromatic N) is 4. The molecule has 10 aromatic rings. The van der Waals surface area contributed by atoms with Crippen LogP contribution in [0, 0.1) is 0 Å². The zero-order valence-corrected chi connectivity index (χ0v) is 26.5. The van der Waals surface area contributed by atoms with E-state index >= 15 is 0 Å². The molecule has 0 saturated carbocycles. The molecule has 4 nitrogen and oxygen atoms in total. The number of hydrogen-bond acceptors (Lipinski definition) is 4. The molecule has 0 unspecified atom stereocenters. The Morgan fingerprint density at radius 2 is 1.02 bits per heavy atom. The molecule has 7 aromatic carbocycles. The largest absolute Gasteiger partial charge is 0.309 e. The lowest BCUT2D eigenvalue weighted by molar-refractivity contribution is 1.07. The molecule has 0 fully saturated rings. The molecule has 224 valence electrons. The van der Waals surface area contributed by atoms with Crippen LogP contribution >= 0.6 is 11.3 Å². The highest BCUT2D eigenvalue weighted by Gasteiger charge is 2.21. The third-order valence-electron chi connectivity index (χ3n) is 9.22. The molecule has 0 aliphatic carbocycles. The van der Waals surface area contributed by atoms with E-state index in [1.807, 2.05) is 47.7 Å². The van der Waals surface area contributed by atoms with Crippen molar-refractivity contribution < 1.29 is 0 Å². The third-order valence-corrected chi connectivity index (χ3v) is 10.3. The van der Waals surface area contributed by atoms with Crippen LogP contribution in [0.15, 0.2) is 158 Å². The highest BCUT2D eigenvalue weighted by molar-refractivity contribution is 7.26. The molecule has 0 spiro atoms. The van der Waals surface area contributed by atoms with Crippen molar-refractivity contribution in [3.8, 4) is 39.9 Å². The molecule has 0 radical (unpaired) electrons. The molecule has 3 aromatic heterocycles. The van der Waals surface area contributed by atoms with Crippen molar-refractivity contribution in [1.29, 1.82) is 0 Å². The number of thiophene rings is 1. The SMILES string of the molecule is c1ccc(-c2nc(-c3ccccc3)nc(-c3cc(-n4c5ccccc5c5c6ccccc6ccc54)cc4sc5ccccc5c34)n2)cc1. The summed E-state index contributed by atoms with van der Waals surface area (Å²) in [4.78, 5) is 15.4. The van der Waals surface area contributed by atoms with Gasteiger partial charge in [0, 0.05) is 53.3 Å². The van der Waals surface area contributed by atoms with E-state index in [0.29, 0.717) is 17.5 Å². The summed E-state index contributed by atoms with van der Waals surface area (Å²) in [5, 5.41) is 7.36. The zero-order valence-electron chi connectivity index (χ0n) is 25.7. The molecule has 0 atom stereocenters. The van der Waals surface area contributed by atoms with Gasteiger partial charge in [-0.3, -0.25) is 0 Å². The Morgan fingerprint density at radius 3 is 1.77 bits per heavy atom. The summed E-state index contributed by atoms with van der Waals surface area (Å²) in [5.74, 6) is 1.96. The lowest BCUT2D eigenvalue weighted by Crippen LogP contribution is -2.01. The first kappa shape index (κ1) is 27.0. The van der Waals surface area contributed by atoms with E-state index in [-0.39, 0.29) is 0 Å². The van der Waals surface area contributed by atoms with E-state index in [0.717, 1.165) is 27.8 Å². The predicted molar refractivity (Wildman–Crippen MR) is 201 cm³/mol. The average Bonchev–Trinajstić information content (AvgIpc) is 3.71. The van der Waals surface area contributed by atoms with Gasteiger partial charge in [-0.15, -0.1) is 11.3 Å². The fraction of sp³-hybridized carbons (Fsp3) is 0. The van der Waals surface area contributed by atoms with Crippen molar-refractivity contribution in [2.24, 2.45) is 0 Å². The minimum atomic E-state index is 0.654. The average molecular weight is 631 g/mol. The van der Waals surface area contributed by atoms with Gasteiger partial charge in [0.15, 0.2) is 17.5 Å². The van der Waals surface area contributed by atoms with Gasteiger partial charge in [0.2, 0.25) is 0 Å². The van der Waals surface area contributed by atoms with E-state index in [4.69, 9.17) is 15.0 Å². The predicted octanol–water partition coefficient (Wildman–Crippen LogP) is 11.5. The molecule has 5 heteroatoms. The van der Waals surface area contributed by atoms with Gasteiger partial charge in [-0.2, -0.15) is 0 Å². The van der Waals surface area contributed by atoms with Crippen molar-refractivity contribution in [3.63, 3.8) is 0 Å². The van der Waals surface area contributed by atoms with Gasteiger partial charge in [0.1, 0.15) is 0 Å². The monoisotopic (exact) mass is 630 g/mol. The van der Waals surface area contributed by atoms with Crippen LogP contribution in [0.2, 0.25) is 0 Å². The second-order valence-electron chi connectivity index (χ2n) is 12.0. The standard InChI is InChI=1S/C43H26N4S/c1-3-14-28(15-4-1)41-44-42(29-16-5-2-6-17-29)46-43(45-41)34-25-30(26-38-40(34)33-20-10-12-22-37(33)48-38)47-35-21-11-9-19-32(35)39-31-18-8-7-13-27(31)23-24-36(39)47/h1-26H. The summed E-state index contributed by atoms with van der Waals surface area (Å²) >= 11 is 1.81. The number of fused-ring (bicyclic) bond motifs is 8. The van der Waals surface area contributed by atoms with Gasteiger partial charge in [0.05, 0.1) is 11.0 Å². The Bertz CT molecular complexity index is 2780. The second-order valence-corrected chi connectivity index (χ2v) is 13.1. The smallest absolute Gasteiger partial charge is 0.164 e. The first-order valence-electron chi connectivity index (χ1n) is 16.0. The summed E-state index contributed by atoms with van der Waals surface area (Å²) < 4.78 is 4.83. The van der Waals surface area contributed by atoms with Gasteiger partial charge in [-0.1, -0.05) is 127 Å². The van der Waals surface area contributed by atoms with Gasteiger partial charge in [0.25, 0.3) is 0 Å². The molecule has 3 heterocycles. The van der Waals surface area contributed by atoms with Crippen molar-refractivity contribution in [2.75, 3.05) is 0 Å². The topological polar surface area (TPSA) is 43.6 Å². The summed E-state index contributed by atoms with van der Waals surface area (Å²) in [6.45, 7) is 0. The van der Waals surface area contributed by atoms with Crippen LogP contribution in [-0.2, 0) is 0 Å². The molecule has 48 heavy (non-hydrogen) atoms. The van der Waals surface area contributed by atoms with Crippen LogP contribution in [0.5, 0.6) is 0 Å². The first-order chi connectivity index (χ1) is 23.8. The minimum absolute atomic E-state index is 0.654. The minimum Gasteiger partial charge on any atom is -0.309 e. The Hall–Kier alpha value is -6.17. The van der Waals surface area contributed by atoms with Gasteiger partial charge in [-0.05, 0) is 41.1 Å². The zero-order chi connectivity index (χ0) is 31.6. The molecule has 0 bridgehead atoms. The molecule has 0 saturated heterocycles. The molecular formula is C43H26N4S. The van der Waals surface area contributed by atoms with Crippen LogP contribution in [0.1, 0.15) is 0 Å². The molecule has 0 amide bonds. The Kier molecular flexibility index (Phi) is 6.01. The van der Waals surface area contributed by atoms with Crippen molar-refractivity contribution in [3.05, 3.63) is 158 Å². The molecule has 10 rings (SSSR count). The maximum Gasteiger partial charge on any atom is 0.164 e. The van der Waals surface area contributed by atoms with Gasteiger partial charge < -0.3 is 4.57 Å². The number of hydrogen-bond donors (Lipinski definition) is 0. The maximum atomic E-state index is 5.20. The fourth-order valence-corrected chi connectivity index (χ4v) is 8.26. The molecule has 0 aliphatic rings. The van der Waals surface area contributed by atoms with Crippen LogP contribution in [0.3, 0.4) is 0 Å². The van der Waals surface area contributed by atoms with Crippen molar-refractivity contribution >= 4 is 64.1 Å². The van der Waals surface area contributed by atoms with Crippen molar-refractivity contribution in [2.45, 2.75) is 0 Å². The number of benzene rings is 7. The van der Waals surface area contributed by atoms with E-state index in [1.54, 1.807) is 0 Å². The lowest BCUT2D eigenvalue weighted by atomic mass is 10.0. The van der Waals surface area contributed by atoms with E-state index < -0.39 is 0 Å². The Balaban J connectivity index is 1.32. The number of rotatable bonds is 4. The molecular weight excluding hydrogens is 605 g/mol. The van der Waals surface area contributed by atoms with Crippen LogP contribution < -0.4 is 0 Å². The first-order valence-corrected chi connectivity index (χ1v) is 16.9. The number of para-hydroxylation sites is 1. The fourth-order valence-electron chi connectivity index (χ4n) is 7.09. The Labute approximate surface area is 280 Å². The highest BCUT2D eigenvalue weighted by atomic mass is 32.1. The van der Waals surface area contributed by atoms with Crippen LogP contribution in [0.4, 0.5) is 0 Å². The number of aromatic nitrogens is 4. The molecule has 0 N–H and O–H groups in total. The maximum absolute atomic E-state index is 5.20. The van der Waals surface area contributed by atoms with Crippen LogP contribution in [-0.4, -0.2) is 19.5 Å². The Morgan fingerprint density at radius 1 is 0.417 bits per heavy atom. The lowest BCUT2D eigenvalue weighted by Gasteiger charge is -2.13. The van der Waals surface area contributed by atoms with E-state index in [2.05, 4.69) is 126 Å². The summed E-state index contributed by atoms with van der Waals surface area (Å²) in [7, 11) is 0. The highest BCUT2D eigenvalue weighted by Crippen LogP contribution is 2.43. The summed E-state index contributed by atoms with van der Waals surface area (Å²) in [6.07, 6.45) is 0. The summed E-state index contributed by atoms with van der Waals surface area (Å²) in [6, 6.07) is 55.5. The van der Waals surface area contributed by atoms with Gasteiger partial charge in [-0.25, -0.2) is 15.0 Å². The molecule has 0 aliphatic heterocycles. The van der Waals surface area contributed by atoms with E-state index in [1.165, 1.54) is 47.4 Å². The van der Waals surface area contributed by atoms with Crippen molar-refractivity contribution in [1.82, 2.24) is 19.5 Å². The second kappa shape index (κ2) is 10.7. The quantitative estimate of drug-likeness (QED) is 0.194. The van der Waals surface area contributed by atoms with Crippen LogP contribution in [0.25, 0.3) is 92.6 Å². The summed E-state index contributed by atoms with van der Waals surface area (Å²) in [5.41, 5.74) is 6.31. The third kappa shape index (κ3) is 4.18.